The Labute approximate surface area is 128 Å². The number of carbonyl (C=O) groups excluding carboxylic acids is 1. The third-order valence-electron chi connectivity index (χ3n) is 3.98. The van der Waals surface area contributed by atoms with Gasteiger partial charge in [0, 0.05) is 30.5 Å². The van der Waals surface area contributed by atoms with E-state index in [1.54, 1.807) is 12.4 Å². The standard InChI is InChI=1S/C16H19N3OS/c1-11-5-3-4-10-19(11)16(20)14-12(2)18-15(21-14)13-6-8-17-9-7-13/h6-9,11H,3-5,10H2,1-2H3. The van der Waals surface area contributed by atoms with E-state index < -0.39 is 0 Å². The first-order valence-corrected chi connectivity index (χ1v) is 8.17. The van der Waals surface area contributed by atoms with E-state index in [4.69, 9.17) is 0 Å². The Bertz CT molecular complexity index is 638. The lowest BCUT2D eigenvalue weighted by atomic mass is 10.0. The van der Waals surface area contributed by atoms with Gasteiger partial charge in [-0.3, -0.25) is 9.78 Å². The van der Waals surface area contributed by atoms with Gasteiger partial charge >= 0.3 is 0 Å². The van der Waals surface area contributed by atoms with Gasteiger partial charge in [0.2, 0.25) is 0 Å². The van der Waals surface area contributed by atoms with E-state index >= 15 is 0 Å². The highest BCUT2D eigenvalue weighted by Crippen LogP contribution is 2.30. The fraction of sp³-hybridized carbons (Fsp3) is 0.438. The molecule has 2 aromatic rings. The minimum absolute atomic E-state index is 0.137. The third kappa shape index (κ3) is 2.83. The number of aromatic nitrogens is 2. The minimum atomic E-state index is 0.137. The normalized spacial score (nSPS) is 18.8. The summed E-state index contributed by atoms with van der Waals surface area (Å²) in [6.07, 6.45) is 6.92. The topological polar surface area (TPSA) is 46.1 Å². The van der Waals surface area contributed by atoms with Crippen LogP contribution in [0.5, 0.6) is 0 Å². The van der Waals surface area contributed by atoms with Crippen molar-refractivity contribution in [2.24, 2.45) is 0 Å². The molecule has 1 aliphatic rings. The van der Waals surface area contributed by atoms with Crippen molar-refractivity contribution >= 4 is 17.2 Å². The molecule has 2 aromatic heterocycles. The summed E-state index contributed by atoms with van der Waals surface area (Å²) in [5.74, 6) is 0.137. The van der Waals surface area contributed by atoms with E-state index in [9.17, 15) is 4.79 Å². The molecule has 5 heteroatoms. The molecule has 3 heterocycles. The number of nitrogens with zero attached hydrogens (tertiary/aromatic N) is 3. The molecular weight excluding hydrogens is 282 g/mol. The second kappa shape index (κ2) is 5.93. The van der Waals surface area contributed by atoms with Gasteiger partial charge in [0.15, 0.2) is 0 Å². The van der Waals surface area contributed by atoms with Gasteiger partial charge in [-0.1, -0.05) is 0 Å². The number of thiazole rings is 1. The second-order valence-corrected chi connectivity index (χ2v) is 6.51. The number of likely N-dealkylation sites (tertiary alicyclic amines) is 1. The highest BCUT2D eigenvalue weighted by Gasteiger charge is 2.27. The number of piperidine rings is 1. The first-order chi connectivity index (χ1) is 10.2. The quantitative estimate of drug-likeness (QED) is 0.852. The molecule has 1 saturated heterocycles. The van der Waals surface area contributed by atoms with Crippen LogP contribution in [0.1, 0.15) is 41.6 Å². The average molecular weight is 301 g/mol. The summed E-state index contributed by atoms with van der Waals surface area (Å²) >= 11 is 1.49. The molecule has 3 rings (SSSR count). The van der Waals surface area contributed by atoms with E-state index in [-0.39, 0.29) is 5.91 Å². The van der Waals surface area contributed by atoms with Crippen LogP contribution < -0.4 is 0 Å². The molecule has 1 amide bonds. The Kier molecular flexibility index (Phi) is 4.01. The molecule has 0 aliphatic carbocycles. The molecule has 0 radical (unpaired) electrons. The fourth-order valence-corrected chi connectivity index (χ4v) is 3.77. The van der Waals surface area contributed by atoms with E-state index in [1.807, 2.05) is 24.0 Å². The van der Waals surface area contributed by atoms with Crippen molar-refractivity contribution < 1.29 is 4.79 Å². The van der Waals surface area contributed by atoms with Gasteiger partial charge in [-0.15, -0.1) is 11.3 Å². The number of aryl methyl sites for hydroxylation is 1. The summed E-state index contributed by atoms with van der Waals surface area (Å²) in [6.45, 7) is 4.92. The SMILES string of the molecule is Cc1nc(-c2ccncc2)sc1C(=O)N1CCCCC1C. The first-order valence-electron chi connectivity index (χ1n) is 7.35. The number of hydrogen-bond donors (Lipinski definition) is 0. The maximum Gasteiger partial charge on any atom is 0.266 e. The molecule has 0 bridgehead atoms. The molecule has 110 valence electrons. The molecule has 1 aliphatic heterocycles. The van der Waals surface area contributed by atoms with E-state index in [0.29, 0.717) is 6.04 Å². The lowest BCUT2D eigenvalue weighted by Crippen LogP contribution is -2.41. The van der Waals surface area contributed by atoms with Crippen LogP contribution >= 0.6 is 11.3 Å². The lowest BCUT2D eigenvalue weighted by Gasteiger charge is -2.33. The maximum absolute atomic E-state index is 12.8. The number of rotatable bonds is 2. The van der Waals surface area contributed by atoms with Gasteiger partial charge in [0.1, 0.15) is 9.88 Å². The smallest absolute Gasteiger partial charge is 0.266 e. The van der Waals surface area contributed by atoms with E-state index in [1.165, 1.54) is 17.8 Å². The van der Waals surface area contributed by atoms with Crippen LogP contribution in [0, 0.1) is 6.92 Å². The third-order valence-corrected chi connectivity index (χ3v) is 5.18. The molecule has 0 saturated carbocycles. The zero-order chi connectivity index (χ0) is 14.8. The number of amides is 1. The summed E-state index contributed by atoms with van der Waals surface area (Å²) in [7, 11) is 0. The van der Waals surface area contributed by atoms with Crippen molar-refractivity contribution in [3.05, 3.63) is 35.1 Å². The first kappa shape index (κ1) is 14.2. The van der Waals surface area contributed by atoms with Gasteiger partial charge in [-0.25, -0.2) is 4.98 Å². The Balaban J connectivity index is 1.89. The van der Waals surface area contributed by atoms with Gasteiger partial charge < -0.3 is 4.90 Å². The molecule has 0 spiro atoms. The maximum atomic E-state index is 12.8. The molecule has 1 unspecified atom stereocenters. The van der Waals surface area contributed by atoms with E-state index in [2.05, 4.69) is 16.9 Å². The Morgan fingerprint density at radius 2 is 2.10 bits per heavy atom. The predicted octanol–water partition coefficient (Wildman–Crippen LogP) is 3.53. The van der Waals surface area contributed by atoms with Crippen LogP contribution in [0.2, 0.25) is 0 Å². The van der Waals surface area contributed by atoms with Crippen LogP contribution in [0.4, 0.5) is 0 Å². The van der Waals surface area contributed by atoms with Crippen LogP contribution in [-0.4, -0.2) is 33.4 Å². The summed E-state index contributed by atoms with van der Waals surface area (Å²) in [5, 5.41) is 0.892. The number of hydrogen-bond acceptors (Lipinski definition) is 4. The molecular formula is C16H19N3OS. The fourth-order valence-electron chi connectivity index (χ4n) is 2.74. The van der Waals surface area contributed by atoms with Gasteiger partial charge in [0.05, 0.1) is 5.69 Å². The Morgan fingerprint density at radius 1 is 1.33 bits per heavy atom. The monoisotopic (exact) mass is 301 g/mol. The van der Waals surface area contributed by atoms with Crippen molar-refractivity contribution in [1.82, 2.24) is 14.9 Å². The summed E-state index contributed by atoms with van der Waals surface area (Å²) in [4.78, 5) is 24.1. The average Bonchev–Trinajstić information content (AvgIpc) is 2.90. The van der Waals surface area contributed by atoms with Crippen LogP contribution in [0.15, 0.2) is 24.5 Å². The Hall–Kier alpha value is -1.75. The lowest BCUT2D eigenvalue weighted by molar-refractivity contribution is 0.0639. The molecule has 0 aromatic carbocycles. The molecule has 21 heavy (non-hydrogen) atoms. The summed E-state index contributed by atoms with van der Waals surface area (Å²) in [5.41, 5.74) is 1.85. The summed E-state index contributed by atoms with van der Waals surface area (Å²) < 4.78 is 0. The van der Waals surface area contributed by atoms with Crippen LogP contribution in [0.3, 0.4) is 0 Å². The van der Waals surface area contributed by atoms with E-state index in [0.717, 1.165) is 40.5 Å². The number of pyridine rings is 1. The zero-order valence-electron chi connectivity index (χ0n) is 12.4. The highest BCUT2D eigenvalue weighted by molar-refractivity contribution is 7.17. The van der Waals surface area contributed by atoms with Crippen molar-refractivity contribution in [1.29, 1.82) is 0 Å². The largest absolute Gasteiger partial charge is 0.335 e. The second-order valence-electron chi connectivity index (χ2n) is 5.51. The minimum Gasteiger partial charge on any atom is -0.335 e. The molecule has 1 fully saturated rings. The van der Waals surface area contributed by atoms with Crippen molar-refractivity contribution in [2.75, 3.05) is 6.54 Å². The Morgan fingerprint density at radius 3 is 2.81 bits per heavy atom. The highest BCUT2D eigenvalue weighted by atomic mass is 32.1. The number of carbonyl (C=O) groups is 1. The van der Waals surface area contributed by atoms with Crippen molar-refractivity contribution in [3.8, 4) is 10.6 Å². The molecule has 1 atom stereocenters. The van der Waals surface area contributed by atoms with Crippen molar-refractivity contribution in [2.45, 2.75) is 39.2 Å². The zero-order valence-corrected chi connectivity index (χ0v) is 13.2. The molecule has 0 N–H and O–H groups in total. The summed E-state index contributed by atoms with van der Waals surface area (Å²) in [6, 6.07) is 4.18. The van der Waals surface area contributed by atoms with Gasteiger partial charge in [-0.2, -0.15) is 0 Å². The van der Waals surface area contributed by atoms with Gasteiger partial charge in [-0.05, 0) is 45.2 Å². The molecule has 4 nitrogen and oxygen atoms in total. The van der Waals surface area contributed by atoms with Crippen LogP contribution in [-0.2, 0) is 0 Å². The van der Waals surface area contributed by atoms with Crippen LogP contribution in [0.25, 0.3) is 10.6 Å². The van der Waals surface area contributed by atoms with Gasteiger partial charge in [0.25, 0.3) is 5.91 Å². The van der Waals surface area contributed by atoms with Crippen molar-refractivity contribution in [3.63, 3.8) is 0 Å². The predicted molar refractivity (Wildman–Crippen MR) is 84.4 cm³/mol.